The van der Waals surface area contributed by atoms with Crippen molar-refractivity contribution in [1.29, 1.82) is 0 Å². The molecule has 1 fully saturated rings. The summed E-state index contributed by atoms with van der Waals surface area (Å²) in [6.07, 6.45) is 0.0290. The molecule has 0 aromatic heterocycles. The number of benzene rings is 1. The van der Waals surface area contributed by atoms with E-state index in [1.807, 2.05) is 32.0 Å². The van der Waals surface area contributed by atoms with Gasteiger partial charge in [-0.15, -0.1) is 0 Å². The Kier molecular flexibility index (Phi) is 2.89. The molecule has 1 aromatic carbocycles. The van der Waals surface area contributed by atoms with Crippen LogP contribution >= 0.6 is 0 Å². The van der Waals surface area contributed by atoms with Gasteiger partial charge in [0.15, 0.2) is 6.23 Å². The van der Waals surface area contributed by atoms with Gasteiger partial charge in [0, 0.05) is 23.7 Å². The van der Waals surface area contributed by atoms with Gasteiger partial charge in [-0.2, -0.15) is 0 Å². The van der Waals surface area contributed by atoms with E-state index in [4.69, 9.17) is 9.47 Å². The first kappa shape index (κ1) is 14.1. The number of nitrogens with zero attached hydrogens (tertiary/aromatic N) is 1. The van der Waals surface area contributed by atoms with E-state index in [-0.39, 0.29) is 17.3 Å². The van der Waals surface area contributed by atoms with Crippen molar-refractivity contribution in [2.75, 3.05) is 14.2 Å². The van der Waals surface area contributed by atoms with Crippen LogP contribution in [0.25, 0.3) is 0 Å². The Morgan fingerprint density at radius 3 is 2.43 bits per heavy atom. The summed E-state index contributed by atoms with van der Waals surface area (Å²) in [5.74, 6) is -0.552. The highest BCUT2D eigenvalue weighted by atomic mass is 16.5. The minimum Gasteiger partial charge on any atom is -0.467 e. The Morgan fingerprint density at radius 1 is 1.29 bits per heavy atom. The number of ether oxygens (including phenoxy) is 2. The van der Waals surface area contributed by atoms with Crippen molar-refractivity contribution in [3.05, 3.63) is 35.4 Å². The number of hydrogen-bond donors (Lipinski definition) is 0. The highest BCUT2D eigenvalue weighted by Crippen LogP contribution is 2.63. The second kappa shape index (κ2) is 4.31. The van der Waals surface area contributed by atoms with E-state index in [0.717, 1.165) is 5.56 Å². The van der Waals surface area contributed by atoms with Crippen molar-refractivity contribution in [2.45, 2.75) is 32.0 Å². The lowest BCUT2D eigenvalue weighted by Gasteiger charge is -2.33. The fraction of sp³-hybridized carbons (Fsp3) is 0.500. The number of fused-ring (bicyclic) bond motifs is 1. The van der Waals surface area contributed by atoms with Crippen molar-refractivity contribution in [3.63, 3.8) is 0 Å². The fourth-order valence-electron chi connectivity index (χ4n) is 3.51. The van der Waals surface area contributed by atoms with Crippen LogP contribution in [0.5, 0.6) is 0 Å². The molecule has 0 unspecified atom stereocenters. The zero-order chi connectivity index (χ0) is 15.4. The lowest BCUT2D eigenvalue weighted by Crippen LogP contribution is -2.50. The molecule has 2 aliphatic rings. The van der Waals surface area contributed by atoms with Crippen LogP contribution in [0, 0.1) is 5.41 Å². The predicted molar refractivity (Wildman–Crippen MR) is 75.5 cm³/mol. The normalized spacial score (nSPS) is 29.2. The maximum Gasteiger partial charge on any atom is 0.332 e. The Labute approximate surface area is 123 Å². The van der Waals surface area contributed by atoms with Gasteiger partial charge in [0.1, 0.15) is 5.54 Å². The maximum atomic E-state index is 12.8. The van der Waals surface area contributed by atoms with Crippen molar-refractivity contribution in [1.82, 2.24) is 4.90 Å². The molecule has 1 heterocycles. The van der Waals surface area contributed by atoms with Crippen LogP contribution in [0.2, 0.25) is 0 Å². The predicted octanol–water partition coefficient (Wildman–Crippen LogP) is 2.13. The Hall–Kier alpha value is -1.88. The third kappa shape index (κ3) is 1.61. The second-order valence-electron chi connectivity index (χ2n) is 6.26. The van der Waals surface area contributed by atoms with Crippen LogP contribution < -0.4 is 0 Å². The van der Waals surface area contributed by atoms with Gasteiger partial charge in [-0.05, 0) is 12.5 Å². The molecule has 1 saturated carbocycles. The molecule has 0 saturated heterocycles. The van der Waals surface area contributed by atoms with Crippen LogP contribution in [-0.4, -0.2) is 36.5 Å². The molecule has 3 rings (SSSR count). The summed E-state index contributed by atoms with van der Waals surface area (Å²) in [6, 6.07) is 7.31. The van der Waals surface area contributed by atoms with E-state index in [1.54, 1.807) is 18.1 Å². The SMILES string of the molecule is COC(=O)[C@]1(N2C(=O)c3ccccc3[C@H]2OC)CC1(C)C. The Bertz CT molecular complexity index is 624. The van der Waals surface area contributed by atoms with Gasteiger partial charge < -0.3 is 9.47 Å². The van der Waals surface area contributed by atoms with Crippen LogP contribution in [0.15, 0.2) is 24.3 Å². The molecular weight excluding hydrogens is 270 g/mol. The maximum absolute atomic E-state index is 12.8. The van der Waals surface area contributed by atoms with Gasteiger partial charge in [0.05, 0.1) is 7.11 Å². The van der Waals surface area contributed by atoms with Crippen molar-refractivity contribution >= 4 is 11.9 Å². The number of amides is 1. The lowest BCUT2D eigenvalue weighted by molar-refractivity contribution is -0.155. The Balaban J connectivity index is 2.11. The minimum atomic E-state index is -0.946. The fourth-order valence-corrected chi connectivity index (χ4v) is 3.51. The summed E-state index contributed by atoms with van der Waals surface area (Å²) in [5.41, 5.74) is 0.124. The molecule has 1 amide bonds. The molecule has 21 heavy (non-hydrogen) atoms. The third-order valence-corrected chi connectivity index (χ3v) is 4.76. The molecule has 5 nitrogen and oxygen atoms in total. The summed E-state index contributed by atoms with van der Waals surface area (Å²) in [4.78, 5) is 26.7. The molecule has 1 aliphatic carbocycles. The van der Waals surface area contributed by atoms with Crippen molar-refractivity contribution in [2.24, 2.45) is 5.41 Å². The highest BCUT2D eigenvalue weighted by Gasteiger charge is 2.74. The first-order valence-electron chi connectivity index (χ1n) is 6.94. The quantitative estimate of drug-likeness (QED) is 0.800. The summed E-state index contributed by atoms with van der Waals surface area (Å²) in [7, 11) is 2.90. The molecule has 2 atom stereocenters. The van der Waals surface area contributed by atoms with Crippen molar-refractivity contribution in [3.8, 4) is 0 Å². The van der Waals surface area contributed by atoms with Gasteiger partial charge in [0.25, 0.3) is 5.91 Å². The molecule has 112 valence electrons. The van der Waals surface area contributed by atoms with Gasteiger partial charge in [0.2, 0.25) is 0 Å². The van der Waals surface area contributed by atoms with Gasteiger partial charge in [-0.3, -0.25) is 9.69 Å². The van der Waals surface area contributed by atoms with Crippen LogP contribution in [0.4, 0.5) is 0 Å². The van der Waals surface area contributed by atoms with Gasteiger partial charge in [-0.1, -0.05) is 32.0 Å². The van der Waals surface area contributed by atoms with E-state index < -0.39 is 11.8 Å². The highest BCUT2D eigenvalue weighted by molar-refractivity contribution is 6.03. The number of methoxy groups -OCH3 is 2. The van der Waals surface area contributed by atoms with E-state index >= 15 is 0 Å². The molecule has 0 bridgehead atoms. The zero-order valence-corrected chi connectivity index (χ0v) is 12.7. The topological polar surface area (TPSA) is 55.8 Å². The average molecular weight is 289 g/mol. The summed E-state index contributed by atoms with van der Waals surface area (Å²) in [5, 5.41) is 0. The molecule has 1 aliphatic heterocycles. The first-order chi connectivity index (χ1) is 9.90. The lowest BCUT2D eigenvalue weighted by atomic mass is 10.0. The van der Waals surface area contributed by atoms with Crippen molar-refractivity contribution < 1.29 is 19.1 Å². The minimum absolute atomic E-state index is 0.173. The summed E-state index contributed by atoms with van der Waals surface area (Å²) < 4.78 is 10.5. The van der Waals surface area contributed by atoms with E-state index in [2.05, 4.69) is 0 Å². The molecular formula is C16H19NO4. The molecule has 0 N–H and O–H groups in total. The first-order valence-corrected chi connectivity index (χ1v) is 6.94. The molecule has 5 heteroatoms. The number of carbonyl (C=O) groups excluding carboxylic acids is 2. The number of rotatable bonds is 3. The molecule has 1 aromatic rings. The van der Waals surface area contributed by atoms with E-state index in [9.17, 15) is 9.59 Å². The third-order valence-electron chi connectivity index (χ3n) is 4.76. The van der Waals surface area contributed by atoms with Crippen LogP contribution in [-0.2, 0) is 14.3 Å². The van der Waals surface area contributed by atoms with Crippen LogP contribution in [0.3, 0.4) is 0 Å². The largest absolute Gasteiger partial charge is 0.467 e. The van der Waals surface area contributed by atoms with Crippen LogP contribution in [0.1, 0.15) is 42.4 Å². The van der Waals surface area contributed by atoms with E-state index in [0.29, 0.717) is 12.0 Å². The van der Waals surface area contributed by atoms with E-state index in [1.165, 1.54) is 7.11 Å². The van der Waals surface area contributed by atoms with Gasteiger partial charge >= 0.3 is 5.97 Å². The summed E-state index contributed by atoms with van der Waals surface area (Å²) in [6.45, 7) is 3.93. The standard InChI is InChI=1S/C16H19NO4/c1-15(2)9-16(15,14(19)21-4)17-12(18)10-7-5-6-8-11(10)13(17)20-3/h5-8,13H,9H2,1-4H3/t13-,16-/m1/s1. The average Bonchev–Trinajstić information content (AvgIpc) is 2.93. The number of esters is 1. The molecule has 0 spiro atoms. The number of carbonyl (C=O) groups is 2. The van der Waals surface area contributed by atoms with Gasteiger partial charge in [-0.25, -0.2) is 4.79 Å². The zero-order valence-electron chi connectivity index (χ0n) is 12.7. The summed E-state index contributed by atoms with van der Waals surface area (Å²) >= 11 is 0. The number of hydrogen-bond acceptors (Lipinski definition) is 4. The molecule has 0 radical (unpaired) electrons. The Morgan fingerprint density at radius 2 is 1.90 bits per heavy atom. The second-order valence-corrected chi connectivity index (χ2v) is 6.26. The smallest absolute Gasteiger partial charge is 0.332 e. The monoisotopic (exact) mass is 289 g/mol.